The summed E-state index contributed by atoms with van der Waals surface area (Å²) in [6.07, 6.45) is 9.36. The lowest BCUT2D eigenvalue weighted by Gasteiger charge is -2.33. The molecule has 9 unspecified atom stereocenters. The largest absolute Gasteiger partial charge is 0.494 e. The van der Waals surface area contributed by atoms with E-state index in [0.717, 1.165) is 25.7 Å². The molecule has 16 heteroatoms. The number of carbonyl (C=O) groups excluding carboxylic acids is 4. The third-order valence-electron chi connectivity index (χ3n) is 12.7. The van der Waals surface area contributed by atoms with Gasteiger partial charge >= 0.3 is 6.09 Å². The highest BCUT2D eigenvalue weighted by Crippen LogP contribution is 2.52. The molecule has 3 N–H and O–H groups in total. The number of rotatable bonds is 8. The number of pyridine rings is 1. The van der Waals surface area contributed by atoms with Gasteiger partial charge in [0.05, 0.1) is 18.9 Å². The quantitative estimate of drug-likeness (QED) is 0.329. The first-order chi connectivity index (χ1) is 26.8. The van der Waals surface area contributed by atoms with Gasteiger partial charge in [0.15, 0.2) is 11.6 Å². The van der Waals surface area contributed by atoms with Gasteiger partial charge in [0, 0.05) is 29.3 Å². The Labute approximate surface area is 325 Å². The molecule has 6 aliphatic rings. The Morgan fingerprint density at radius 3 is 2.50 bits per heavy atom. The maximum Gasteiger partial charge on any atom is 0.408 e. The molecule has 4 aliphatic carbocycles. The van der Waals surface area contributed by atoms with E-state index < -0.39 is 74.5 Å². The Balaban J connectivity index is 1.10. The van der Waals surface area contributed by atoms with E-state index in [1.807, 2.05) is 19.1 Å². The molecule has 1 aromatic heterocycles. The predicted octanol–water partition coefficient (Wildman–Crippen LogP) is 4.12. The average Bonchev–Trinajstić information content (AvgIpc) is 4.12. The lowest BCUT2D eigenvalue weighted by molar-refractivity contribution is -0.142. The highest BCUT2D eigenvalue weighted by atomic mass is 32.2. The summed E-state index contributed by atoms with van der Waals surface area (Å²) in [6, 6.07) is 2.35. The second kappa shape index (κ2) is 14.8. The van der Waals surface area contributed by atoms with Gasteiger partial charge in [0.2, 0.25) is 27.7 Å². The summed E-state index contributed by atoms with van der Waals surface area (Å²) in [7, 11) is -2.56. The minimum Gasteiger partial charge on any atom is -0.494 e. The van der Waals surface area contributed by atoms with Gasteiger partial charge in [-0.3, -0.25) is 19.1 Å². The van der Waals surface area contributed by atoms with Crippen LogP contribution in [-0.2, 0) is 29.1 Å². The lowest BCUT2D eigenvalue weighted by atomic mass is 9.88. The van der Waals surface area contributed by atoms with Gasteiger partial charge in [-0.25, -0.2) is 22.6 Å². The standard InChI is InChI=1S/C40H50FN5O9S/c1-21-6-4-5-7-25-19-40(25,38(49)45-56(51,52)28-8-9-28)44-35(47)31-18-27(54-36-30-10-11-32(53-3)33(41)29(30)12-13-42-36)20-46(31)37(48)34(22(2)14-21)43-39(50)55-26-16-23-15-24(23)17-26/h5,7,10-13,21-28,31,34H,4,6,8-9,14-20H2,1-3H3,(H,43,50)(H,44,47)(H,45,49). The number of nitrogens with zero attached hydrogens (tertiary/aromatic N) is 2. The van der Waals surface area contributed by atoms with Crippen molar-refractivity contribution in [3.05, 3.63) is 42.4 Å². The van der Waals surface area contributed by atoms with Crippen LogP contribution in [0.4, 0.5) is 9.18 Å². The number of fused-ring (bicyclic) bond motifs is 4. The molecule has 1 saturated heterocycles. The maximum absolute atomic E-state index is 15.2. The molecule has 2 aliphatic heterocycles. The number of halogens is 1. The number of hydrogen-bond acceptors (Lipinski definition) is 10. The van der Waals surface area contributed by atoms with Crippen molar-refractivity contribution in [3.8, 4) is 11.6 Å². The van der Waals surface area contributed by atoms with Gasteiger partial charge in [-0.15, -0.1) is 0 Å². The molecule has 4 saturated carbocycles. The number of sulfonamides is 1. The topological polar surface area (TPSA) is 182 Å². The summed E-state index contributed by atoms with van der Waals surface area (Å²) < 4.78 is 60.5. The van der Waals surface area contributed by atoms with Crippen molar-refractivity contribution in [3.63, 3.8) is 0 Å². The van der Waals surface area contributed by atoms with Gasteiger partial charge in [0.1, 0.15) is 29.8 Å². The molecular formula is C40H50FN5O9S. The van der Waals surface area contributed by atoms with Crippen molar-refractivity contribution in [2.75, 3.05) is 13.7 Å². The Morgan fingerprint density at radius 2 is 1.77 bits per heavy atom. The maximum atomic E-state index is 15.2. The third-order valence-corrected chi connectivity index (χ3v) is 14.5. The van der Waals surface area contributed by atoms with Crippen LogP contribution < -0.4 is 24.8 Å². The van der Waals surface area contributed by atoms with Crippen LogP contribution in [0.1, 0.15) is 78.1 Å². The normalized spacial score (nSPS) is 34.2. The van der Waals surface area contributed by atoms with Crippen molar-refractivity contribution < 1.29 is 46.2 Å². The fourth-order valence-electron chi connectivity index (χ4n) is 9.15. The highest BCUT2D eigenvalue weighted by molar-refractivity contribution is 7.91. The number of hydrogen-bond donors (Lipinski definition) is 3. The second-order valence-corrected chi connectivity index (χ2v) is 18.9. The number of carbonyl (C=O) groups is 4. The van der Waals surface area contributed by atoms with Crippen molar-refractivity contribution in [1.29, 1.82) is 0 Å². The zero-order valence-corrected chi connectivity index (χ0v) is 32.7. The number of amides is 4. The van der Waals surface area contributed by atoms with E-state index in [9.17, 15) is 27.6 Å². The Hall–Kier alpha value is -4.47. The molecule has 5 fully saturated rings. The summed E-state index contributed by atoms with van der Waals surface area (Å²) in [5, 5.41) is 5.67. The number of allylic oxidation sites excluding steroid dienone is 1. The molecule has 0 spiro atoms. The number of methoxy groups -OCH3 is 1. The van der Waals surface area contributed by atoms with Gasteiger partial charge in [-0.05, 0) is 99.7 Å². The minimum absolute atomic E-state index is 0.0281. The van der Waals surface area contributed by atoms with Crippen LogP contribution in [0, 0.1) is 35.4 Å². The number of aromatic nitrogens is 1. The number of benzene rings is 1. The van der Waals surface area contributed by atoms with Gasteiger partial charge in [-0.1, -0.05) is 26.0 Å². The molecule has 56 heavy (non-hydrogen) atoms. The first-order valence-corrected chi connectivity index (χ1v) is 21.4. The summed E-state index contributed by atoms with van der Waals surface area (Å²) >= 11 is 0. The number of ether oxygens (including phenoxy) is 3. The molecule has 302 valence electrons. The van der Waals surface area contributed by atoms with Crippen molar-refractivity contribution >= 4 is 44.6 Å². The van der Waals surface area contributed by atoms with Gasteiger partial charge < -0.3 is 29.7 Å². The Morgan fingerprint density at radius 1 is 1.00 bits per heavy atom. The fraction of sp³-hybridized carbons (Fsp3) is 0.625. The van der Waals surface area contributed by atoms with Crippen LogP contribution in [0.5, 0.6) is 11.6 Å². The van der Waals surface area contributed by atoms with Crippen LogP contribution in [0.25, 0.3) is 10.8 Å². The number of alkyl carbamates (subject to hydrolysis) is 1. The van der Waals surface area contributed by atoms with Gasteiger partial charge in [0.25, 0.3) is 5.91 Å². The molecule has 1 aromatic carbocycles. The predicted molar refractivity (Wildman–Crippen MR) is 201 cm³/mol. The van der Waals surface area contributed by atoms with Crippen molar-refractivity contribution in [2.24, 2.45) is 29.6 Å². The third kappa shape index (κ3) is 7.64. The van der Waals surface area contributed by atoms with Crippen LogP contribution in [0.3, 0.4) is 0 Å². The Kier molecular flexibility index (Phi) is 10.1. The smallest absolute Gasteiger partial charge is 0.408 e. The van der Waals surface area contributed by atoms with E-state index in [4.69, 9.17) is 14.2 Å². The minimum atomic E-state index is -3.92. The van der Waals surface area contributed by atoms with E-state index in [1.54, 1.807) is 6.07 Å². The monoisotopic (exact) mass is 795 g/mol. The lowest BCUT2D eigenvalue weighted by Crippen LogP contribution is -2.59. The summed E-state index contributed by atoms with van der Waals surface area (Å²) in [5.41, 5.74) is -1.54. The summed E-state index contributed by atoms with van der Waals surface area (Å²) in [5.74, 6) is -1.94. The summed E-state index contributed by atoms with van der Waals surface area (Å²) in [6.45, 7) is 3.89. The molecule has 4 amide bonds. The average molecular weight is 796 g/mol. The second-order valence-electron chi connectivity index (χ2n) is 16.9. The van der Waals surface area contributed by atoms with E-state index >= 15 is 4.39 Å². The van der Waals surface area contributed by atoms with E-state index in [-0.39, 0.29) is 54.3 Å². The van der Waals surface area contributed by atoms with E-state index in [2.05, 4.69) is 27.3 Å². The first-order valence-electron chi connectivity index (χ1n) is 19.9. The fourth-order valence-corrected chi connectivity index (χ4v) is 10.5. The summed E-state index contributed by atoms with van der Waals surface area (Å²) in [4.78, 5) is 62.2. The Bertz CT molecular complexity index is 2050. The van der Waals surface area contributed by atoms with E-state index in [1.165, 1.54) is 30.3 Å². The van der Waals surface area contributed by atoms with Crippen molar-refractivity contribution in [2.45, 2.75) is 113 Å². The van der Waals surface area contributed by atoms with Crippen LogP contribution in [-0.4, -0.2) is 90.9 Å². The first kappa shape index (κ1) is 38.4. The molecule has 3 heterocycles. The zero-order valence-electron chi connectivity index (χ0n) is 31.9. The molecule has 9 atom stereocenters. The molecule has 8 rings (SSSR count). The van der Waals surface area contributed by atoms with Gasteiger partial charge in [-0.2, -0.15) is 0 Å². The van der Waals surface area contributed by atoms with E-state index in [0.29, 0.717) is 42.9 Å². The molecule has 0 bridgehead atoms. The molecule has 2 aromatic rings. The highest BCUT2D eigenvalue weighted by Gasteiger charge is 2.62. The molecular weight excluding hydrogens is 746 g/mol. The number of nitrogens with one attached hydrogen (secondary N) is 3. The molecule has 0 radical (unpaired) electrons. The SMILES string of the molecule is COc1ccc2c(OC3CC4C(=O)NC5(C(=O)NS(=O)(=O)C6CC6)CC5C=CCCC(C)CC(C)C(NC(=O)OC5CC6CC6C5)C(=O)N4C3)nccc2c1F. The molecule has 14 nitrogen and oxygen atoms in total. The van der Waals surface area contributed by atoms with Crippen molar-refractivity contribution in [1.82, 2.24) is 25.2 Å². The van der Waals surface area contributed by atoms with Crippen LogP contribution in [0.2, 0.25) is 0 Å². The van der Waals surface area contributed by atoms with Crippen LogP contribution >= 0.6 is 0 Å². The van der Waals surface area contributed by atoms with Crippen LogP contribution in [0.15, 0.2) is 36.5 Å². The zero-order chi connectivity index (χ0) is 39.5.